The minimum atomic E-state index is -0.776. The summed E-state index contributed by atoms with van der Waals surface area (Å²) in [4.78, 5) is 12.7. The molecule has 1 aromatic carbocycles. The van der Waals surface area contributed by atoms with Gasteiger partial charge in [-0.15, -0.1) is 0 Å². The SMILES string of the molecule is CCOC1CCC(Oc2c(C)cnn(-c3cc(F)cc(F)c3)c2=O)C1. The molecule has 0 N–H and O–H groups in total. The van der Waals surface area contributed by atoms with Crippen LogP contribution < -0.4 is 10.3 Å². The van der Waals surface area contributed by atoms with E-state index in [2.05, 4.69) is 5.10 Å². The lowest BCUT2D eigenvalue weighted by molar-refractivity contribution is 0.0586. The summed E-state index contributed by atoms with van der Waals surface area (Å²) in [6.45, 7) is 4.30. The van der Waals surface area contributed by atoms with Crippen molar-refractivity contribution in [1.82, 2.24) is 9.78 Å². The lowest BCUT2D eigenvalue weighted by atomic mass is 10.2. The second-order valence-corrected chi connectivity index (χ2v) is 6.13. The Balaban J connectivity index is 1.89. The zero-order chi connectivity index (χ0) is 18.0. The topological polar surface area (TPSA) is 53.4 Å². The van der Waals surface area contributed by atoms with Gasteiger partial charge >= 0.3 is 5.56 Å². The van der Waals surface area contributed by atoms with Crippen LogP contribution in [-0.4, -0.2) is 28.6 Å². The van der Waals surface area contributed by atoms with E-state index in [4.69, 9.17) is 9.47 Å². The van der Waals surface area contributed by atoms with Crippen LogP contribution >= 0.6 is 0 Å². The van der Waals surface area contributed by atoms with Crippen LogP contribution in [-0.2, 0) is 4.74 Å². The number of halogens is 2. The van der Waals surface area contributed by atoms with Crippen molar-refractivity contribution in [3.05, 3.63) is 51.9 Å². The van der Waals surface area contributed by atoms with Crippen LogP contribution in [0.5, 0.6) is 5.75 Å². The number of aromatic nitrogens is 2. The summed E-state index contributed by atoms with van der Waals surface area (Å²) in [5, 5.41) is 3.98. The summed E-state index contributed by atoms with van der Waals surface area (Å²) in [6.07, 6.45) is 3.85. The van der Waals surface area contributed by atoms with E-state index in [1.54, 1.807) is 6.92 Å². The van der Waals surface area contributed by atoms with E-state index in [1.807, 2.05) is 6.92 Å². The molecule has 1 heterocycles. The van der Waals surface area contributed by atoms with Gasteiger partial charge in [0.1, 0.15) is 17.7 Å². The Bertz CT molecular complexity index is 802. The highest BCUT2D eigenvalue weighted by molar-refractivity contribution is 5.36. The zero-order valence-electron chi connectivity index (χ0n) is 14.2. The molecule has 2 atom stereocenters. The van der Waals surface area contributed by atoms with Gasteiger partial charge in [-0.3, -0.25) is 4.79 Å². The van der Waals surface area contributed by atoms with Crippen molar-refractivity contribution in [3.63, 3.8) is 0 Å². The molecule has 1 aliphatic rings. The number of hydrogen-bond acceptors (Lipinski definition) is 4. The first-order chi connectivity index (χ1) is 12.0. The van der Waals surface area contributed by atoms with Gasteiger partial charge in [-0.2, -0.15) is 9.78 Å². The second-order valence-electron chi connectivity index (χ2n) is 6.13. The van der Waals surface area contributed by atoms with Crippen LogP contribution in [0.15, 0.2) is 29.2 Å². The highest BCUT2D eigenvalue weighted by Crippen LogP contribution is 2.26. The molecular weight excluding hydrogens is 330 g/mol. The molecule has 0 bridgehead atoms. The first kappa shape index (κ1) is 17.5. The summed E-state index contributed by atoms with van der Waals surface area (Å²) in [6, 6.07) is 2.85. The molecule has 0 aliphatic heterocycles. The van der Waals surface area contributed by atoms with E-state index in [1.165, 1.54) is 6.20 Å². The van der Waals surface area contributed by atoms with Crippen LogP contribution in [0, 0.1) is 18.6 Å². The fourth-order valence-corrected chi connectivity index (χ4v) is 3.07. The summed E-state index contributed by atoms with van der Waals surface area (Å²) in [7, 11) is 0. The Morgan fingerprint density at radius 2 is 1.88 bits per heavy atom. The summed E-state index contributed by atoms with van der Waals surface area (Å²) < 4.78 is 39.3. The quantitative estimate of drug-likeness (QED) is 0.831. The number of rotatable bonds is 5. The maximum absolute atomic E-state index is 13.4. The number of ether oxygens (including phenoxy) is 2. The maximum Gasteiger partial charge on any atom is 0.314 e. The largest absolute Gasteiger partial charge is 0.484 e. The van der Waals surface area contributed by atoms with Gasteiger partial charge in [-0.25, -0.2) is 8.78 Å². The van der Waals surface area contributed by atoms with Gasteiger partial charge in [0.25, 0.3) is 0 Å². The molecule has 0 saturated heterocycles. The molecular formula is C18H20F2N2O3. The fraction of sp³-hybridized carbons (Fsp3) is 0.444. The van der Waals surface area contributed by atoms with Crippen molar-refractivity contribution in [2.24, 2.45) is 0 Å². The first-order valence-corrected chi connectivity index (χ1v) is 8.31. The van der Waals surface area contributed by atoms with Gasteiger partial charge in [0, 0.05) is 24.7 Å². The molecule has 0 amide bonds. The molecule has 2 aromatic rings. The van der Waals surface area contributed by atoms with Crippen molar-refractivity contribution in [1.29, 1.82) is 0 Å². The normalized spacial score (nSPS) is 20.0. The van der Waals surface area contributed by atoms with E-state index in [0.717, 1.165) is 35.7 Å². The molecule has 3 rings (SSSR count). The average molecular weight is 350 g/mol. The summed E-state index contributed by atoms with van der Waals surface area (Å²) >= 11 is 0. The van der Waals surface area contributed by atoms with Crippen LogP contribution in [0.1, 0.15) is 31.7 Å². The van der Waals surface area contributed by atoms with Crippen LogP contribution in [0.25, 0.3) is 5.69 Å². The number of nitrogens with zero attached hydrogens (tertiary/aromatic N) is 2. The Kier molecular flexibility index (Phi) is 5.13. The molecule has 1 saturated carbocycles. The lowest BCUT2D eigenvalue weighted by Gasteiger charge is -2.16. The summed E-state index contributed by atoms with van der Waals surface area (Å²) in [5.41, 5.74) is 0.0637. The maximum atomic E-state index is 13.4. The molecule has 134 valence electrons. The third kappa shape index (κ3) is 3.87. The molecule has 0 spiro atoms. The highest BCUT2D eigenvalue weighted by Gasteiger charge is 2.28. The second kappa shape index (κ2) is 7.31. The van der Waals surface area contributed by atoms with Crippen LogP contribution in [0.3, 0.4) is 0 Å². The molecule has 5 nitrogen and oxygen atoms in total. The molecule has 1 fully saturated rings. The molecule has 25 heavy (non-hydrogen) atoms. The van der Waals surface area contributed by atoms with E-state index in [9.17, 15) is 13.6 Å². The Morgan fingerprint density at radius 1 is 1.20 bits per heavy atom. The van der Waals surface area contributed by atoms with Crippen LogP contribution in [0.2, 0.25) is 0 Å². The van der Waals surface area contributed by atoms with Gasteiger partial charge in [0.15, 0.2) is 5.75 Å². The minimum absolute atomic E-state index is 0.0194. The number of hydrogen-bond donors (Lipinski definition) is 0. The number of aryl methyl sites for hydroxylation is 1. The van der Waals surface area contributed by atoms with E-state index in [0.29, 0.717) is 18.6 Å². The highest BCUT2D eigenvalue weighted by atomic mass is 19.1. The van der Waals surface area contributed by atoms with Crippen molar-refractivity contribution in [3.8, 4) is 11.4 Å². The van der Waals surface area contributed by atoms with Crippen molar-refractivity contribution in [2.75, 3.05) is 6.61 Å². The molecule has 7 heteroatoms. The Morgan fingerprint density at radius 3 is 2.56 bits per heavy atom. The van der Waals surface area contributed by atoms with Crippen molar-refractivity contribution >= 4 is 0 Å². The van der Waals surface area contributed by atoms with Gasteiger partial charge in [-0.1, -0.05) is 0 Å². The van der Waals surface area contributed by atoms with Crippen molar-refractivity contribution in [2.45, 2.75) is 45.3 Å². The Hall–Kier alpha value is -2.28. The molecule has 1 aromatic heterocycles. The molecule has 0 radical (unpaired) electrons. The Labute approximate surface area is 144 Å². The average Bonchev–Trinajstić information content (AvgIpc) is 2.98. The molecule has 1 aliphatic carbocycles. The van der Waals surface area contributed by atoms with Gasteiger partial charge in [0.05, 0.1) is 18.0 Å². The van der Waals surface area contributed by atoms with Gasteiger partial charge in [-0.05, 0) is 38.8 Å². The number of benzene rings is 1. The van der Waals surface area contributed by atoms with Crippen molar-refractivity contribution < 1.29 is 18.3 Å². The predicted molar refractivity (Wildman–Crippen MR) is 88.2 cm³/mol. The third-order valence-electron chi connectivity index (χ3n) is 4.23. The minimum Gasteiger partial charge on any atom is -0.484 e. The van der Waals surface area contributed by atoms with Gasteiger partial charge < -0.3 is 9.47 Å². The molecule has 2 unspecified atom stereocenters. The smallest absolute Gasteiger partial charge is 0.314 e. The van der Waals surface area contributed by atoms with E-state index in [-0.39, 0.29) is 23.6 Å². The first-order valence-electron chi connectivity index (χ1n) is 8.31. The van der Waals surface area contributed by atoms with Crippen LogP contribution in [0.4, 0.5) is 8.78 Å². The monoisotopic (exact) mass is 350 g/mol. The van der Waals surface area contributed by atoms with E-state index < -0.39 is 17.2 Å². The van der Waals surface area contributed by atoms with E-state index >= 15 is 0 Å². The third-order valence-corrected chi connectivity index (χ3v) is 4.23. The summed E-state index contributed by atoms with van der Waals surface area (Å²) in [5.74, 6) is -1.40. The fourth-order valence-electron chi connectivity index (χ4n) is 3.07. The van der Waals surface area contributed by atoms with Gasteiger partial charge in [0.2, 0.25) is 0 Å². The lowest BCUT2D eigenvalue weighted by Crippen LogP contribution is -2.27. The zero-order valence-corrected chi connectivity index (χ0v) is 14.2. The standard InChI is InChI=1S/C18H20F2N2O3/c1-3-24-15-4-5-16(9-15)25-17-11(2)10-21-22(18(17)23)14-7-12(19)6-13(20)8-14/h6-8,10,15-16H,3-5,9H2,1-2H3. The predicted octanol–water partition coefficient (Wildman–Crippen LogP) is 3.16.